The molecule has 0 spiro atoms. The van der Waals surface area contributed by atoms with Crippen molar-refractivity contribution in [2.45, 2.75) is 16.6 Å². The maximum atomic E-state index is 11.5. The number of carbonyl (C=O) groups is 1. The third-order valence-electron chi connectivity index (χ3n) is 2.87. The van der Waals surface area contributed by atoms with Crippen LogP contribution >= 0.6 is 27.7 Å². The molecule has 1 unspecified atom stereocenters. The average Bonchev–Trinajstić information content (AvgIpc) is 2.48. The SMILES string of the molecule is N#Cc1ccc(Br)cc1SC(Cc1ccccc1)C(=O)O. The summed E-state index contributed by atoms with van der Waals surface area (Å²) in [4.78, 5) is 12.2. The predicted octanol–water partition coefficient (Wildman–Crippen LogP) is 4.11. The molecule has 0 heterocycles. The second-order valence-electron chi connectivity index (χ2n) is 4.39. The van der Waals surface area contributed by atoms with E-state index in [9.17, 15) is 9.90 Å². The molecule has 3 nitrogen and oxygen atoms in total. The Morgan fingerprint density at radius 1 is 1.29 bits per heavy atom. The van der Waals surface area contributed by atoms with Crippen molar-refractivity contribution in [3.8, 4) is 6.07 Å². The fourth-order valence-electron chi connectivity index (χ4n) is 1.85. The van der Waals surface area contributed by atoms with E-state index in [1.165, 1.54) is 11.8 Å². The fraction of sp³-hybridized carbons (Fsp3) is 0.125. The summed E-state index contributed by atoms with van der Waals surface area (Å²) in [5, 5.41) is 17.9. The highest BCUT2D eigenvalue weighted by Gasteiger charge is 2.21. The van der Waals surface area contributed by atoms with Crippen LogP contribution in [0.5, 0.6) is 0 Å². The lowest BCUT2D eigenvalue weighted by Gasteiger charge is -2.13. The molecule has 2 aromatic rings. The van der Waals surface area contributed by atoms with Crippen LogP contribution in [0.25, 0.3) is 0 Å². The van der Waals surface area contributed by atoms with Gasteiger partial charge >= 0.3 is 5.97 Å². The number of benzene rings is 2. The number of rotatable bonds is 5. The monoisotopic (exact) mass is 361 g/mol. The Kier molecular flexibility index (Phi) is 5.43. The highest BCUT2D eigenvalue weighted by molar-refractivity contribution is 9.10. The number of nitriles is 1. The van der Waals surface area contributed by atoms with Crippen molar-refractivity contribution in [2.75, 3.05) is 0 Å². The van der Waals surface area contributed by atoms with Crippen molar-refractivity contribution < 1.29 is 9.90 Å². The summed E-state index contributed by atoms with van der Waals surface area (Å²) in [5.74, 6) is -0.882. The van der Waals surface area contributed by atoms with Crippen molar-refractivity contribution in [1.29, 1.82) is 5.26 Å². The smallest absolute Gasteiger partial charge is 0.317 e. The quantitative estimate of drug-likeness (QED) is 0.814. The fourth-order valence-corrected chi connectivity index (χ4v) is 3.48. The molecule has 1 N–H and O–H groups in total. The standard InChI is InChI=1S/C16H12BrNO2S/c17-13-7-6-12(10-18)14(9-13)21-15(16(19)20)8-11-4-2-1-3-5-11/h1-7,9,15H,8H2,(H,19,20). The summed E-state index contributed by atoms with van der Waals surface area (Å²) < 4.78 is 0.827. The van der Waals surface area contributed by atoms with Gasteiger partial charge in [0.2, 0.25) is 0 Å². The number of carboxylic acid groups (broad SMARTS) is 1. The second-order valence-corrected chi connectivity index (χ2v) is 6.55. The lowest BCUT2D eigenvalue weighted by Crippen LogP contribution is -2.19. The Balaban J connectivity index is 2.23. The lowest BCUT2D eigenvalue weighted by atomic mass is 10.1. The minimum atomic E-state index is -0.882. The molecule has 0 aliphatic rings. The number of carboxylic acids is 1. The van der Waals surface area contributed by atoms with Crippen molar-refractivity contribution >= 4 is 33.7 Å². The molecule has 2 rings (SSSR count). The topological polar surface area (TPSA) is 61.1 Å². The van der Waals surface area contributed by atoms with E-state index >= 15 is 0 Å². The van der Waals surface area contributed by atoms with Gasteiger partial charge in [0.1, 0.15) is 11.3 Å². The Morgan fingerprint density at radius 3 is 2.62 bits per heavy atom. The molecule has 1 atom stereocenters. The summed E-state index contributed by atoms with van der Waals surface area (Å²) in [6, 6.07) is 16.8. The van der Waals surface area contributed by atoms with E-state index in [0.717, 1.165) is 10.0 Å². The molecule has 5 heteroatoms. The number of thioether (sulfide) groups is 1. The van der Waals surface area contributed by atoms with Crippen molar-refractivity contribution in [3.05, 3.63) is 64.1 Å². The minimum absolute atomic E-state index is 0.415. The number of aliphatic carboxylic acids is 1. The molecule has 0 radical (unpaired) electrons. The maximum Gasteiger partial charge on any atom is 0.317 e. The van der Waals surface area contributed by atoms with E-state index in [-0.39, 0.29) is 0 Å². The van der Waals surface area contributed by atoms with Crippen LogP contribution < -0.4 is 0 Å². The molecule has 2 aromatic carbocycles. The molecular formula is C16H12BrNO2S. The van der Waals surface area contributed by atoms with Gasteiger partial charge in [0, 0.05) is 9.37 Å². The van der Waals surface area contributed by atoms with Gasteiger partial charge in [0.05, 0.1) is 5.56 Å². The van der Waals surface area contributed by atoms with Crippen LogP contribution in [-0.4, -0.2) is 16.3 Å². The van der Waals surface area contributed by atoms with Gasteiger partial charge in [-0.2, -0.15) is 5.26 Å². The van der Waals surface area contributed by atoms with Crippen LogP contribution in [0, 0.1) is 11.3 Å². The normalized spacial score (nSPS) is 11.6. The zero-order valence-corrected chi connectivity index (χ0v) is 13.4. The zero-order chi connectivity index (χ0) is 15.2. The van der Waals surface area contributed by atoms with Crippen LogP contribution in [-0.2, 0) is 11.2 Å². The second kappa shape index (κ2) is 7.30. The molecular weight excluding hydrogens is 350 g/mol. The number of hydrogen-bond donors (Lipinski definition) is 1. The highest BCUT2D eigenvalue weighted by Crippen LogP contribution is 2.31. The van der Waals surface area contributed by atoms with Crippen LogP contribution in [0.2, 0.25) is 0 Å². The summed E-state index contributed by atoms with van der Waals surface area (Å²) in [7, 11) is 0. The zero-order valence-electron chi connectivity index (χ0n) is 11.0. The summed E-state index contributed by atoms with van der Waals surface area (Å²) in [6.07, 6.45) is 0.415. The van der Waals surface area contributed by atoms with Crippen LogP contribution in [0.1, 0.15) is 11.1 Å². The van der Waals surface area contributed by atoms with Gasteiger partial charge in [0.15, 0.2) is 0 Å². The molecule has 0 aliphatic heterocycles. The van der Waals surface area contributed by atoms with E-state index in [2.05, 4.69) is 22.0 Å². The molecule has 0 saturated heterocycles. The van der Waals surface area contributed by atoms with Gasteiger partial charge in [-0.05, 0) is 30.2 Å². The molecule has 0 saturated carbocycles. The Bertz CT molecular complexity index is 682. The molecule has 0 aliphatic carbocycles. The first kappa shape index (κ1) is 15.6. The first-order valence-electron chi connectivity index (χ1n) is 6.23. The average molecular weight is 362 g/mol. The minimum Gasteiger partial charge on any atom is -0.480 e. The summed E-state index contributed by atoms with van der Waals surface area (Å²) in [5.41, 5.74) is 1.45. The first-order valence-corrected chi connectivity index (χ1v) is 7.90. The maximum absolute atomic E-state index is 11.5. The van der Waals surface area contributed by atoms with Crippen molar-refractivity contribution in [3.63, 3.8) is 0 Å². The molecule has 0 amide bonds. The Labute approximate surface area is 135 Å². The van der Waals surface area contributed by atoms with Crippen molar-refractivity contribution in [2.24, 2.45) is 0 Å². The Morgan fingerprint density at radius 2 is 2.00 bits per heavy atom. The van der Waals surface area contributed by atoms with E-state index in [4.69, 9.17) is 5.26 Å². The van der Waals surface area contributed by atoms with Gasteiger partial charge in [-0.15, -0.1) is 11.8 Å². The van der Waals surface area contributed by atoms with E-state index in [0.29, 0.717) is 16.9 Å². The predicted molar refractivity (Wildman–Crippen MR) is 86.3 cm³/mol. The highest BCUT2D eigenvalue weighted by atomic mass is 79.9. The number of nitrogens with zero attached hydrogens (tertiary/aromatic N) is 1. The molecule has 0 bridgehead atoms. The van der Waals surface area contributed by atoms with E-state index < -0.39 is 11.2 Å². The third kappa shape index (κ3) is 4.35. The van der Waals surface area contributed by atoms with Gasteiger partial charge < -0.3 is 5.11 Å². The molecule has 0 fully saturated rings. The van der Waals surface area contributed by atoms with Crippen LogP contribution in [0.15, 0.2) is 57.9 Å². The van der Waals surface area contributed by atoms with Crippen molar-refractivity contribution in [1.82, 2.24) is 0 Å². The van der Waals surface area contributed by atoms with E-state index in [1.807, 2.05) is 30.3 Å². The number of halogens is 1. The largest absolute Gasteiger partial charge is 0.480 e. The molecule has 106 valence electrons. The number of hydrogen-bond acceptors (Lipinski definition) is 3. The third-order valence-corrected chi connectivity index (χ3v) is 4.61. The Hall–Kier alpha value is -1.77. The van der Waals surface area contributed by atoms with Gasteiger partial charge in [0.25, 0.3) is 0 Å². The lowest BCUT2D eigenvalue weighted by molar-refractivity contribution is -0.136. The molecule has 21 heavy (non-hydrogen) atoms. The van der Waals surface area contributed by atoms with Crippen LogP contribution in [0.4, 0.5) is 0 Å². The van der Waals surface area contributed by atoms with Gasteiger partial charge in [-0.1, -0.05) is 46.3 Å². The van der Waals surface area contributed by atoms with Gasteiger partial charge in [-0.25, -0.2) is 0 Å². The summed E-state index contributed by atoms with van der Waals surface area (Å²) >= 11 is 4.55. The van der Waals surface area contributed by atoms with E-state index in [1.54, 1.807) is 18.2 Å². The van der Waals surface area contributed by atoms with Crippen LogP contribution in [0.3, 0.4) is 0 Å². The van der Waals surface area contributed by atoms with Gasteiger partial charge in [-0.3, -0.25) is 4.79 Å². The summed E-state index contributed by atoms with van der Waals surface area (Å²) in [6.45, 7) is 0. The molecule has 0 aromatic heterocycles. The first-order chi connectivity index (χ1) is 10.1.